The smallest absolute Gasteiger partial charge is 0.255 e. The van der Waals surface area contributed by atoms with E-state index in [4.69, 9.17) is 0 Å². The van der Waals surface area contributed by atoms with E-state index in [1.807, 2.05) is 32.2 Å². The zero-order valence-corrected chi connectivity index (χ0v) is 14.0. The highest BCUT2D eigenvalue weighted by atomic mass is 16.1. The lowest BCUT2D eigenvalue weighted by Crippen LogP contribution is -2.27. The van der Waals surface area contributed by atoms with Crippen LogP contribution in [0.15, 0.2) is 48.8 Å². The summed E-state index contributed by atoms with van der Waals surface area (Å²) < 4.78 is 0. The fourth-order valence-electron chi connectivity index (χ4n) is 2.72. The van der Waals surface area contributed by atoms with Crippen molar-refractivity contribution in [3.8, 4) is 0 Å². The second kappa shape index (κ2) is 7.17. The predicted molar refractivity (Wildman–Crippen MR) is 97.3 cm³/mol. The zero-order chi connectivity index (χ0) is 16.9. The number of nitrogens with one attached hydrogen (secondary N) is 3. The maximum absolute atomic E-state index is 12.4. The molecule has 24 heavy (non-hydrogen) atoms. The molecule has 3 rings (SSSR count). The van der Waals surface area contributed by atoms with Gasteiger partial charge in [0, 0.05) is 35.9 Å². The van der Waals surface area contributed by atoms with Crippen LogP contribution < -0.4 is 10.6 Å². The third-order valence-electron chi connectivity index (χ3n) is 3.83. The highest BCUT2D eigenvalue weighted by Gasteiger charge is 2.12. The van der Waals surface area contributed by atoms with Crippen LogP contribution in [0.5, 0.6) is 0 Å². The molecule has 0 aliphatic carbocycles. The van der Waals surface area contributed by atoms with Gasteiger partial charge < -0.3 is 15.6 Å². The number of benzene rings is 1. The number of carbonyl (C=O) groups excluding carboxylic acids is 1. The molecule has 5 nitrogen and oxygen atoms in total. The number of fused-ring (bicyclic) bond motifs is 1. The Morgan fingerprint density at radius 1 is 1.21 bits per heavy atom. The Labute approximate surface area is 141 Å². The van der Waals surface area contributed by atoms with E-state index >= 15 is 0 Å². The third kappa shape index (κ3) is 3.56. The Morgan fingerprint density at radius 3 is 2.88 bits per heavy atom. The van der Waals surface area contributed by atoms with Gasteiger partial charge in [-0.3, -0.25) is 4.79 Å². The third-order valence-corrected chi connectivity index (χ3v) is 3.83. The molecule has 0 spiro atoms. The monoisotopic (exact) mass is 322 g/mol. The molecule has 124 valence electrons. The Bertz CT molecular complexity index is 838. The topological polar surface area (TPSA) is 69.8 Å². The summed E-state index contributed by atoms with van der Waals surface area (Å²) >= 11 is 0. The van der Waals surface area contributed by atoms with E-state index in [2.05, 4.69) is 32.7 Å². The van der Waals surface area contributed by atoms with Gasteiger partial charge in [0.2, 0.25) is 0 Å². The van der Waals surface area contributed by atoms with Crippen LogP contribution in [0.1, 0.15) is 29.8 Å². The van der Waals surface area contributed by atoms with Gasteiger partial charge in [-0.05, 0) is 44.0 Å². The zero-order valence-electron chi connectivity index (χ0n) is 14.0. The van der Waals surface area contributed by atoms with Gasteiger partial charge in [-0.15, -0.1) is 0 Å². The lowest BCUT2D eigenvalue weighted by molar-refractivity contribution is 0.0954. The van der Waals surface area contributed by atoms with E-state index in [1.165, 1.54) is 10.9 Å². The molecule has 3 N–H and O–H groups in total. The molecule has 0 saturated heterocycles. The van der Waals surface area contributed by atoms with Crippen molar-refractivity contribution in [1.29, 1.82) is 0 Å². The molecule has 0 atom stereocenters. The molecular weight excluding hydrogens is 300 g/mol. The van der Waals surface area contributed by atoms with Crippen LogP contribution in [0, 0.1) is 0 Å². The minimum Gasteiger partial charge on any atom is -0.367 e. The first-order valence-electron chi connectivity index (χ1n) is 8.20. The summed E-state index contributed by atoms with van der Waals surface area (Å²) in [4.78, 5) is 20.0. The van der Waals surface area contributed by atoms with Gasteiger partial charge in [-0.2, -0.15) is 0 Å². The number of aromatic nitrogens is 2. The molecule has 0 bridgehead atoms. The summed E-state index contributed by atoms with van der Waals surface area (Å²) in [7, 11) is 0. The van der Waals surface area contributed by atoms with E-state index in [0.29, 0.717) is 17.9 Å². The molecule has 5 heteroatoms. The van der Waals surface area contributed by atoms with E-state index in [9.17, 15) is 4.79 Å². The first-order chi connectivity index (χ1) is 11.6. The van der Waals surface area contributed by atoms with Gasteiger partial charge in [0.1, 0.15) is 5.82 Å². The average Bonchev–Trinajstić information content (AvgIpc) is 2.98. The molecule has 2 aromatic heterocycles. The van der Waals surface area contributed by atoms with Crippen LogP contribution in [-0.4, -0.2) is 28.5 Å². The fourth-order valence-corrected chi connectivity index (χ4v) is 2.72. The number of hydrogen-bond acceptors (Lipinski definition) is 3. The van der Waals surface area contributed by atoms with Gasteiger partial charge in [0.15, 0.2) is 0 Å². The highest BCUT2D eigenvalue weighted by Crippen LogP contribution is 2.18. The standard InChI is InChI=1S/C19H22N4O/c1-13(2)23-18-16(7-5-10-20-18)19(24)21-11-9-14-12-22-17-8-4-3-6-15(14)17/h3-8,10,12-13,22H,9,11H2,1-2H3,(H,20,23)(H,21,24). The van der Waals surface area contributed by atoms with E-state index in [1.54, 1.807) is 18.3 Å². The SMILES string of the molecule is CC(C)Nc1ncccc1C(=O)NCCc1c[nH]c2ccccc12. The normalized spacial score (nSPS) is 11.0. The van der Waals surface area contributed by atoms with E-state index in [0.717, 1.165) is 11.9 Å². The van der Waals surface area contributed by atoms with Crippen molar-refractivity contribution in [1.82, 2.24) is 15.3 Å². The summed E-state index contributed by atoms with van der Waals surface area (Å²) in [6, 6.07) is 12.0. The van der Waals surface area contributed by atoms with Crippen molar-refractivity contribution in [3.05, 3.63) is 59.9 Å². The van der Waals surface area contributed by atoms with Gasteiger partial charge in [-0.1, -0.05) is 18.2 Å². The van der Waals surface area contributed by atoms with Gasteiger partial charge in [0.25, 0.3) is 5.91 Å². The summed E-state index contributed by atoms with van der Waals surface area (Å²) in [5, 5.41) is 7.39. The van der Waals surface area contributed by atoms with Crippen LogP contribution in [-0.2, 0) is 6.42 Å². The number of carbonyl (C=O) groups is 1. The van der Waals surface area contributed by atoms with Gasteiger partial charge in [0.05, 0.1) is 5.56 Å². The van der Waals surface area contributed by atoms with Crippen molar-refractivity contribution in [3.63, 3.8) is 0 Å². The lowest BCUT2D eigenvalue weighted by atomic mass is 10.1. The number of amides is 1. The predicted octanol–water partition coefficient (Wildman–Crippen LogP) is 3.36. The maximum Gasteiger partial charge on any atom is 0.255 e. The molecule has 0 aliphatic rings. The summed E-state index contributed by atoms with van der Waals surface area (Å²) in [6.45, 7) is 4.62. The molecule has 0 fully saturated rings. The second-order valence-electron chi connectivity index (χ2n) is 6.06. The molecule has 0 radical (unpaired) electrons. The lowest BCUT2D eigenvalue weighted by Gasteiger charge is -2.13. The van der Waals surface area contributed by atoms with Crippen molar-refractivity contribution in [2.45, 2.75) is 26.3 Å². The molecule has 0 aliphatic heterocycles. The largest absolute Gasteiger partial charge is 0.367 e. The van der Waals surface area contributed by atoms with Crippen molar-refractivity contribution in [2.75, 3.05) is 11.9 Å². The van der Waals surface area contributed by atoms with Crippen LogP contribution in [0.2, 0.25) is 0 Å². The summed E-state index contributed by atoms with van der Waals surface area (Å²) in [5.74, 6) is 0.517. The molecule has 3 aromatic rings. The van der Waals surface area contributed by atoms with Crippen LogP contribution in [0.4, 0.5) is 5.82 Å². The van der Waals surface area contributed by atoms with Crippen LogP contribution in [0.25, 0.3) is 10.9 Å². The number of hydrogen-bond donors (Lipinski definition) is 3. The summed E-state index contributed by atoms with van der Waals surface area (Å²) in [6.07, 6.45) is 4.48. The molecule has 0 unspecified atom stereocenters. The fraction of sp³-hybridized carbons (Fsp3) is 0.263. The van der Waals surface area contributed by atoms with Crippen LogP contribution in [0.3, 0.4) is 0 Å². The number of H-pyrrole nitrogens is 1. The van der Waals surface area contributed by atoms with Gasteiger partial charge in [-0.25, -0.2) is 4.98 Å². The Hall–Kier alpha value is -2.82. The number of pyridine rings is 1. The van der Waals surface area contributed by atoms with Crippen molar-refractivity contribution < 1.29 is 4.79 Å². The maximum atomic E-state index is 12.4. The second-order valence-corrected chi connectivity index (χ2v) is 6.06. The molecule has 1 aromatic carbocycles. The quantitative estimate of drug-likeness (QED) is 0.652. The average molecular weight is 322 g/mol. The molecule has 0 saturated carbocycles. The number of aromatic amines is 1. The number of para-hydroxylation sites is 1. The minimum absolute atomic E-state index is 0.105. The molecule has 2 heterocycles. The van der Waals surface area contributed by atoms with Gasteiger partial charge >= 0.3 is 0 Å². The Kier molecular flexibility index (Phi) is 4.79. The van der Waals surface area contributed by atoms with E-state index < -0.39 is 0 Å². The first kappa shape index (κ1) is 16.1. The van der Waals surface area contributed by atoms with Crippen LogP contribution >= 0.6 is 0 Å². The Morgan fingerprint density at radius 2 is 2.04 bits per heavy atom. The first-order valence-corrected chi connectivity index (χ1v) is 8.20. The summed E-state index contributed by atoms with van der Waals surface area (Å²) in [5.41, 5.74) is 2.90. The number of rotatable bonds is 6. The highest BCUT2D eigenvalue weighted by molar-refractivity contribution is 5.98. The Balaban J connectivity index is 1.64. The number of anilines is 1. The van der Waals surface area contributed by atoms with E-state index in [-0.39, 0.29) is 11.9 Å². The van der Waals surface area contributed by atoms with Crippen molar-refractivity contribution >= 4 is 22.6 Å². The minimum atomic E-state index is -0.105. The molecular formula is C19H22N4O. The van der Waals surface area contributed by atoms with Crippen molar-refractivity contribution in [2.24, 2.45) is 0 Å². The number of nitrogens with zero attached hydrogens (tertiary/aromatic N) is 1. The molecule has 1 amide bonds.